The molecule has 7 N–H and O–H groups in total. The highest BCUT2D eigenvalue weighted by molar-refractivity contribution is 5.95. The number of nitrogens with one attached hydrogen (secondary N) is 4. The molecule has 0 fully saturated rings. The van der Waals surface area contributed by atoms with Crippen LogP contribution >= 0.6 is 0 Å². The predicted octanol–water partition coefficient (Wildman–Crippen LogP) is 1.80. The van der Waals surface area contributed by atoms with Crippen LogP contribution in [0, 0.1) is 5.92 Å². The van der Waals surface area contributed by atoms with Crippen LogP contribution in [0.3, 0.4) is 0 Å². The van der Waals surface area contributed by atoms with E-state index in [-0.39, 0.29) is 31.1 Å². The van der Waals surface area contributed by atoms with Gasteiger partial charge in [0.1, 0.15) is 18.1 Å². The Bertz CT molecular complexity index is 1370. The standard InChI is InChI=1S/C30H37N5O6/c1-18(2)14-24(33-26(36)13-12-20-17-32-22-11-7-6-10-21(20)22)29(40)35-25(16-27(37)38)30(41)34-23(28(31)39)15-19-8-4-3-5-9-19/h3-11,17-18,23-25,32H,12-16H2,1-2H3,(H2,31,39)(H,33,36)(H,34,41)(H,35,40)(H,37,38)/t23-,24-,25-/m0/s1. The smallest absolute Gasteiger partial charge is 0.305 e. The lowest BCUT2D eigenvalue weighted by atomic mass is 10.0. The van der Waals surface area contributed by atoms with E-state index in [2.05, 4.69) is 20.9 Å². The van der Waals surface area contributed by atoms with Crippen molar-refractivity contribution in [2.75, 3.05) is 0 Å². The van der Waals surface area contributed by atoms with E-state index in [0.29, 0.717) is 6.42 Å². The molecule has 0 saturated heterocycles. The number of fused-ring (bicyclic) bond motifs is 1. The average Bonchev–Trinajstić information content (AvgIpc) is 3.34. The lowest BCUT2D eigenvalue weighted by Gasteiger charge is -2.25. The monoisotopic (exact) mass is 563 g/mol. The summed E-state index contributed by atoms with van der Waals surface area (Å²) < 4.78 is 0. The summed E-state index contributed by atoms with van der Waals surface area (Å²) in [6.07, 6.45) is 2.07. The van der Waals surface area contributed by atoms with Gasteiger partial charge in [-0.2, -0.15) is 0 Å². The molecule has 11 nitrogen and oxygen atoms in total. The first-order valence-electron chi connectivity index (χ1n) is 13.5. The summed E-state index contributed by atoms with van der Waals surface area (Å²) in [6, 6.07) is 13.0. The summed E-state index contributed by atoms with van der Waals surface area (Å²) in [4.78, 5) is 65.8. The van der Waals surface area contributed by atoms with Gasteiger partial charge in [0.25, 0.3) is 0 Å². The number of aromatic nitrogens is 1. The van der Waals surface area contributed by atoms with E-state index in [1.807, 2.05) is 44.3 Å². The third-order valence-corrected chi connectivity index (χ3v) is 6.61. The second-order valence-corrected chi connectivity index (χ2v) is 10.4. The molecule has 0 bridgehead atoms. The second kappa shape index (κ2) is 14.6. The van der Waals surface area contributed by atoms with Crippen molar-refractivity contribution in [2.24, 2.45) is 11.7 Å². The average molecular weight is 564 g/mol. The molecule has 0 aliphatic rings. The van der Waals surface area contributed by atoms with Crippen LogP contribution in [0.4, 0.5) is 0 Å². The molecule has 0 saturated carbocycles. The molecular formula is C30H37N5O6. The summed E-state index contributed by atoms with van der Waals surface area (Å²) in [5.41, 5.74) is 8.15. The summed E-state index contributed by atoms with van der Waals surface area (Å²) in [7, 11) is 0. The van der Waals surface area contributed by atoms with E-state index in [4.69, 9.17) is 5.73 Å². The Morgan fingerprint density at radius 3 is 2.15 bits per heavy atom. The number of aliphatic carboxylic acids is 1. The Hall–Kier alpha value is -4.67. The van der Waals surface area contributed by atoms with E-state index in [9.17, 15) is 29.1 Å². The van der Waals surface area contributed by atoms with Crippen molar-refractivity contribution in [1.29, 1.82) is 0 Å². The van der Waals surface area contributed by atoms with Gasteiger partial charge in [-0.1, -0.05) is 62.4 Å². The molecular weight excluding hydrogens is 526 g/mol. The lowest BCUT2D eigenvalue weighted by Crippen LogP contribution is -2.57. The first kappa shape index (κ1) is 30.9. The number of rotatable bonds is 15. The number of carbonyl (C=O) groups excluding carboxylic acids is 4. The maximum Gasteiger partial charge on any atom is 0.305 e. The van der Waals surface area contributed by atoms with Crippen molar-refractivity contribution in [2.45, 2.75) is 64.1 Å². The van der Waals surface area contributed by atoms with Gasteiger partial charge in [-0.3, -0.25) is 24.0 Å². The topological polar surface area (TPSA) is 183 Å². The van der Waals surface area contributed by atoms with Gasteiger partial charge in [0.15, 0.2) is 0 Å². The molecule has 0 spiro atoms. The number of carboxylic acids is 1. The van der Waals surface area contributed by atoms with Crippen molar-refractivity contribution in [3.05, 3.63) is 71.9 Å². The van der Waals surface area contributed by atoms with Gasteiger partial charge in [0, 0.05) is 29.9 Å². The molecule has 218 valence electrons. The van der Waals surface area contributed by atoms with Crippen molar-refractivity contribution < 1.29 is 29.1 Å². The fraction of sp³-hybridized carbons (Fsp3) is 0.367. The number of hydrogen-bond donors (Lipinski definition) is 6. The number of H-pyrrole nitrogens is 1. The van der Waals surface area contributed by atoms with Gasteiger partial charge in [0.05, 0.1) is 6.42 Å². The Morgan fingerprint density at radius 2 is 1.49 bits per heavy atom. The van der Waals surface area contributed by atoms with Crippen molar-refractivity contribution in [1.82, 2.24) is 20.9 Å². The van der Waals surface area contributed by atoms with Crippen molar-refractivity contribution in [3.8, 4) is 0 Å². The number of aryl methyl sites for hydroxylation is 1. The van der Waals surface area contributed by atoms with Crippen LogP contribution in [0.5, 0.6) is 0 Å². The summed E-state index contributed by atoms with van der Waals surface area (Å²) >= 11 is 0. The van der Waals surface area contributed by atoms with E-state index < -0.39 is 48.2 Å². The molecule has 3 atom stereocenters. The number of primary amides is 1. The number of carbonyl (C=O) groups is 5. The third-order valence-electron chi connectivity index (χ3n) is 6.61. The predicted molar refractivity (Wildman–Crippen MR) is 153 cm³/mol. The van der Waals surface area contributed by atoms with Gasteiger partial charge in [-0.15, -0.1) is 0 Å². The van der Waals surface area contributed by atoms with Gasteiger partial charge >= 0.3 is 5.97 Å². The maximum atomic E-state index is 13.2. The number of aromatic amines is 1. The second-order valence-electron chi connectivity index (χ2n) is 10.4. The zero-order valence-electron chi connectivity index (χ0n) is 23.2. The van der Waals surface area contributed by atoms with Gasteiger partial charge in [-0.25, -0.2) is 0 Å². The Labute approximate surface area is 238 Å². The molecule has 0 radical (unpaired) electrons. The highest BCUT2D eigenvalue weighted by Gasteiger charge is 2.31. The minimum absolute atomic E-state index is 0.0107. The molecule has 3 aromatic rings. The normalized spacial score (nSPS) is 13.2. The summed E-state index contributed by atoms with van der Waals surface area (Å²) in [5, 5.41) is 18.1. The number of benzene rings is 2. The fourth-order valence-corrected chi connectivity index (χ4v) is 4.56. The minimum Gasteiger partial charge on any atom is -0.481 e. The molecule has 1 aromatic heterocycles. The molecule has 4 amide bonds. The zero-order valence-corrected chi connectivity index (χ0v) is 23.2. The van der Waals surface area contributed by atoms with E-state index >= 15 is 0 Å². The minimum atomic E-state index is -1.49. The number of para-hydroxylation sites is 1. The van der Waals surface area contributed by atoms with Crippen molar-refractivity contribution >= 4 is 40.5 Å². The molecule has 41 heavy (non-hydrogen) atoms. The first-order valence-corrected chi connectivity index (χ1v) is 13.5. The molecule has 0 aliphatic carbocycles. The lowest BCUT2D eigenvalue weighted by molar-refractivity contribution is -0.141. The quantitative estimate of drug-likeness (QED) is 0.164. The fourth-order valence-electron chi connectivity index (χ4n) is 4.56. The van der Waals surface area contributed by atoms with Crippen LogP contribution < -0.4 is 21.7 Å². The molecule has 1 heterocycles. The van der Waals surface area contributed by atoms with Crippen LogP contribution in [-0.4, -0.2) is 57.8 Å². The third kappa shape index (κ3) is 9.48. The number of carboxylic acid groups (broad SMARTS) is 1. The highest BCUT2D eigenvalue weighted by Crippen LogP contribution is 2.19. The van der Waals surface area contributed by atoms with Crippen LogP contribution in [0.25, 0.3) is 10.9 Å². The summed E-state index contributed by atoms with van der Waals surface area (Å²) in [6.45, 7) is 3.75. The number of hydrogen-bond acceptors (Lipinski definition) is 5. The van der Waals surface area contributed by atoms with Crippen LogP contribution in [0.1, 0.15) is 44.2 Å². The maximum absolute atomic E-state index is 13.2. The molecule has 2 aromatic carbocycles. The first-order chi connectivity index (χ1) is 19.5. The molecule has 0 aliphatic heterocycles. The SMILES string of the molecule is CC(C)C[C@H](NC(=O)CCc1c[nH]c2ccccc12)C(=O)N[C@@H](CC(=O)O)C(=O)N[C@@H](Cc1ccccc1)C(N)=O. The molecule has 3 rings (SSSR count). The van der Waals surface area contributed by atoms with Gasteiger partial charge in [-0.05, 0) is 36.0 Å². The summed E-state index contributed by atoms with van der Waals surface area (Å²) in [5.74, 6) is -4.03. The van der Waals surface area contributed by atoms with Crippen molar-refractivity contribution in [3.63, 3.8) is 0 Å². The number of amides is 4. The van der Waals surface area contributed by atoms with Crippen LogP contribution in [0.15, 0.2) is 60.8 Å². The Balaban J connectivity index is 1.66. The molecule has 11 heteroatoms. The Morgan fingerprint density at radius 1 is 0.854 bits per heavy atom. The van der Waals surface area contributed by atoms with Gasteiger partial charge < -0.3 is 31.8 Å². The van der Waals surface area contributed by atoms with E-state index in [1.54, 1.807) is 30.3 Å². The van der Waals surface area contributed by atoms with Gasteiger partial charge in [0.2, 0.25) is 23.6 Å². The van der Waals surface area contributed by atoms with E-state index in [1.165, 1.54) is 0 Å². The van der Waals surface area contributed by atoms with Crippen LogP contribution in [0.2, 0.25) is 0 Å². The van der Waals surface area contributed by atoms with E-state index in [0.717, 1.165) is 22.0 Å². The largest absolute Gasteiger partial charge is 0.481 e. The Kier molecular flexibility index (Phi) is 11.0. The zero-order chi connectivity index (χ0) is 29.9. The highest BCUT2D eigenvalue weighted by atomic mass is 16.4. The number of nitrogens with two attached hydrogens (primary N) is 1. The van der Waals surface area contributed by atoms with Crippen LogP contribution in [-0.2, 0) is 36.8 Å². The molecule has 0 unspecified atom stereocenters.